The smallest absolute Gasteiger partial charge is 0.182 e. The monoisotopic (exact) mass is 431 g/mol. The molecule has 3 heterocycles. The van der Waals surface area contributed by atoms with Gasteiger partial charge in [0, 0.05) is 12.6 Å². The lowest BCUT2D eigenvalue weighted by Crippen LogP contribution is -2.18. The first kappa shape index (κ1) is 20.6. The van der Waals surface area contributed by atoms with E-state index in [0.717, 1.165) is 16.7 Å². The van der Waals surface area contributed by atoms with Crippen molar-refractivity contribution in [1.29, 1.82) is 0 Å². The molecule has 30 heavy (non-hydrogen) atoms. The predicted molar refractivity (Wildman–Crippen MR) is 130 cm³/mol. The van der Waals surface area contributed by atoms with Gasteiger partial charge in [0.1, 0.15) is 0 Å². The largest absolute Gasteiger partial charge is 0.342 e. The van der Waals surface area contributed by atoms with E-state index in [9.17, 15) is 4.79 Å². The average Bonchev–Trinajstić information content (AvgIpc) is 3.41. The molecular formula is C26H25NOS2. The molecular weight excluding hydrogens is 406 g/mol. The summed E-state index contributed by atoms with van der Waals surface area (Å²) in [4.78, 5) is 17.0. The molecule has 4 rings (SSSR count). The molecule has 2 aromatic heterocycles. The van der Waals surface area contributed by atoms with Crippen LogP contribution in [0.15, 0.2) is 94.3 Å². The van der Waals surface area contributed by atoms with Crippen LogP contribution in [0.4, 0.5) is 0 Å². The molecule has 0 spiro atoms. The van der Waals surface area contributed by atoms with Crippen LogP contribution in [-0.2, 0) is 4.79 Å². The van der Waals surface area contributed by atoms with Crippen molar-refractivity contribution in [3.8, 4) is 0 Å². The Balaban J connectivity index is 1.75. The summed E-state index contributed by atoms with van der Waals surface area (Å²) in [5.41, 5.74) is 5.26. The summed E-state index contributed by atoms with van der Waals surface area (Å²) in [7, 11) is 2.13. The van der Waals surface area contributed by atoms with Crippen molar-refractivity contribution >= 4 is 39.9 Å². The van der Waals surface area contributed by atoms with Crippen LogP contribution in [0, 0.1) is 5.41 Å². The minimum Gasteiger partial charge on any atom is -0.342 e. The number of carbonyl (C=O) groups excluding carboxylic acids is 1. The van der Waals surface area contributed by atoms with Crippen molar-refractivity contribution in [1.82, 2.24) is 4.90 Å². The maximum absolute atomic E-state index is 12.3. The summed E-state index contributed by atoms with van der Waals surface area (Å²) in [6.45, 7) is 6.24. The van der Waals surface area contributed by atoms with E-state index in [0.29, 0.717) is 0 Å². The van der Waals surface area contributed by atoms with Gasteiger partial charge in [-0.1, -0.05) is 51.1 Å². The minimum atomic E-state index is -0.167. The van der Waals surface area contributed by atoms with Gasteiger partial charge in [0.2, 0.25) is 0 Å². The third-order valence-corrected chi connectivity index (χ3v) is 6.94. The van der Waals surface area contributed by atoms with Gasteiger partial charge in [-0.2, -0.15) is 0 Å². The maximum atomic E-state index is 12.3. The van der Waals surface area contributed by atoms with Crippen LogP contribution >= 0.6 is 22.7 Å². The van der Waals surface area contributed by atoms with Crippen molar-refractivity contribution in [3.05, 3.63) is 104 Å². The highest BCUT2D eigenvalue weighted by atomic mass is 32.1. The lowest BCUT2D eigenvalue weighted by molar-refractivity contribution is -0.112. The Hall–Kier alpha value is -2.69. The molecule has 0 unspecified atom stereocenters. The van der Waals surface area contributed by atoms with Gasteiger partial charge < -0.3 is 4.90 Å². The Morgan fingerprint density at radius 3 is 1.90 bits per heavy atom. The van der Waals surface area contributed by atoms with Crippen LogP contribution < -0.4 is 0 Å². The van der Waals surface area contributed by atoms with Gasteiger partial charge in [0.05, 0.1) is 21.1 Å². The molecule has 152 valence electrons. The third-order valence-electron chi connectivity index (χ3n) is 5.16. The zero-order valence-electron chi connectivity index (χ0n) is 17.7. The second kappa shape index (κ2) is 8.21. The molecule has 0 fully saturated rings. The number of nitrogens with zero attached hydrogens (tertiary/aromatic N) is 1. The molecule has 2 aromatic rings. The van der Waals surface area contributed by atoms with Gasteiger partial charge in [0.15, 0.2) is 5.78 Å². The Bertz CT molecular complexity index is 1070. The molecule has 0 atom stereocenters. The van der Waals surface area contributed by atoms with Crippen LogP contribution in [0.1, 0.15) is 30.5 Å². The average molecular weight is 432 g/mol. The lowest BCUT2D eigenvalue weighted by atomic mass is 9.80. The van der Waals surface area contributed by atoms with Gasteiger partial charge in [-0.05, 0) is 63.8 Å². The SMILES string of the molecule is CN1C(c2cccs2)=CC(=CC=C2C=CC(=O)C(C(C)(C)C)=C2)C=C1c1cccs1. The Morgan fingerprint density at radius 2 is 1.40 bits per heavy atom. The number of carbonyl (C=O) groups is 1. The Labute approximate surface area is 186 Å². The van der Waals surface area contributed by atoms with E-state index in [4.69, 9.17) is 0 Å². The first-order valence-corrected chi connectivity index (χ1v) is 11.7. The van der Waals surface area contributed by atoms with Gasteiger partial charge in [0.25, 0.3) is 0 Å². The normalized spacial score (nSPS) is 18.5. The van der Waals surface area contributed by atoms with E-state index in [1.165, 1.54) is 21.1 Å². The lowest BCUT2D eigenvalue weighted by Gasteiger charge is -2.28. The van der Waals surface area contributed by atoms with Crippen molar-refractivity contribution in [2.24, 2.45) is 5.41 Å². The fraction of sp³-hybridized carbons (Fsp3) is 0.192. The molecule has 0 bridgehead atoms. The van der Waals surface area contributed by atoms with Crippen LogP contribution in [-0.4, -0.2) is 17.7 Å². The predicted octanol–water partition coefficient (Wildman–Crippen LogP) is 7.10. The summed E-state index contributed by atoms with van der Waals surface area (Å²) in [5, 5.41) is 4.22. The number of allylic oxidation sites excluding steroid dienone is 10. The number of ketones is 1. The summed E-state index contributed by atoms with van der Waals surface area (Å²) in [6.07, 6.45) is 14.3. The van der Waals surface area contributed by atoms with E-state index in [1.807, 2.05) is 12.2 Å². The summed E-state index contributed by atoms with van der Waals surface area (Å²) >= 11 is 3.50. The fourth-order valence-electron chi connectivity index (χ4n) is 3.53. The molecule has 0 amide bonds. The summed E-state index contributed by atoms with van der Waals surface area (Å²) in [6, 6.07) is 8.50. The van der Waals surface area contributed by atoms with Crippen LogP contribution in [0.2, 0.25) is 0 Å². The van der Waals surface area contributed by atoms with E-state index in [2.05, 4.69) is 92.0 Å². The summed E-state index contributed by atoms with van der Waals surface area (Å²) < 4.78 is 0. The highest BCUT2D eigenvalue weighted by Crippen LogP contribution is 2.37. The van der Waals surface area contributed by atoms with Crippen molar-refractivity contribution in [2.45, 2.75) is 20.8 Å². The van der Waals surface area contributed by atoms with Crippen LogP contribution in [0.3, 0.4) is 0 Å². The minimum absolute atomic E-state index is 0.103. The molecule has 0 saturated carbocycles. The van der Waals surface area contributed by atoms with Crippen LogP contribution in [0.5, 0.6) is 0 Å². The molecule has 1 aliphatic heterocycles. The number of thiophene rings is 2. The molecule has 0 aromatic carbocycles. The molecule has 0 N–H and O–H groups in total. The maximum Gasteiger partial charge on any atom is 0.182 e. The quantitative estimate of drug-likeness (QED) is 0.516. The third kappa shape index (κ3) is 4.25. The molecule has 4 heteroatoms. The second-order valence-corrected chi connectivity index (χ2v) is 10.3. The molecule has 1 aliphatic carbocycles. The summed E-state index contributed by atoms with van der Waals surface area (Å²) in [5.74, 6) is 0.103. The second-order valence-electron chi connectivity index (χ2n) is 8.41. The van der Waals surface area contributed by atoms with E-state index >= 15 is 0 Å². The highest BCUT2D eigenvalue weighted by molar-refractivity contribution is 7.11. The molecule has 2 aliphatic rings. The standard InChI is InChI=1S/C26H25NOS2/c1-26(2,3)20-15-18(11-12-23(20)28)9-10-19-16-21(24-7-5-13-29-24)27(4)22(17-19)25-8-6-14-30-25/h5-17H,1-4H3. The first-order valence-electron chi connectivity index (χ1n) is 9.94. The number of rotatable bonds is 3. The fourth-order valence-corrected chi connectivity index (χ4v) is 5.08. The van der Waals surface area contributed by atoms with Gasteiger partial charge in [-0.15, -0.1) is 22.7 Å². The van der Waals surface area contributed by atoms with Gasteiger partial charge in [-0.25, -0.2) is 0 Å². The van der Waals surface area contributed by atoms with Crippen molar-refractivity contribution in [3.63, 3.8) is 0 Å². The van der Waals surface area contributed by atoms with E-state index in [1.54, 1.807) is 28.7 Å². The topological polar surface area (TPSA) is 20.3 Å². The molecule has 2 nitrogen and oxygen atoms in total. The zero-order chi connectivity index (χ0) is 21.3. The number of hydrogen-bond acceptors (Lipinski definition) is 4. The van der Waals surface area contributed by atoms with Gasteiger partial charge in [-0.3, -0.25) is 4.79 Å². The Kier molecular flexibility index (Phi) is 5.63. The highest BCUT2D eigenvalue weighted by Gasteiger charge is 2.24. The molecule has 0 saturated heterocycles. The Morgan fingerprint density at radius 1 is 0.833 bits per heavy atom. The van der Waals surface area contributed by atoms with Crippen molar-refractivity contribution in [2.75, 3.05) is 7.05 Å². The van der Waals surface area contributed by atoms with Crippen LogP contribution in [0.25, 0.3) is 11.4 Å². The van der Waals surface area contributed by atoms with E-state index in [-0.39, 0.29) is 11.2 Å². The number of hydrogen-bond donors (Lipinski definition) is 0. The van der Waals surface area contributed by atoms with Gasteiger partial charge >= 0.3 is 0 Å². The molecule has 0 radical (unpaired) electrons. The van der Waals surface area contributed by atoms with Crippen molar-refractivity contribution < 1.29 is 4.79 Å². The zero-order valence-corrected chi connectivity index (χ0v) is 19.3. The first-order chi connectivity index (χ1) is 14.3. The van der Waals surface area contributed by atoms with E-state index < -0.39 is 0 Å².